The number of alkyl halides is 3. The zero-order chi connectivity index (χ0) is 11.4. The van der Waals surface area contributed by atoms with Gasteiger partial charge in [0.15, 0.2) is 0 Å². The van der Waals surface area contributed by atoms with Crippen LogP contribution in [0.5, 0.6) is 0 Å². The van der Waals surface area contributed by atoms with E-state index >= 15 is 0 Å². The number of hydrogen-bond acceptors (Lipinski definition) is 2. The normalized spacial score (nSPS) is 10.4. The van der Waals surface area contributed by atoms with Crippen molar-refractivity contribution in [3.05, 3.63) is 27.5 Å². The van der Waals surface area contributed by atoms with E-state index in [2.05, 4.69) is 20.9 Å². The number of rotatable bonds is 3. The topological polar surface area (TPSA) is 36.7 Å². The maximum Gasteiger partial charge on any atom is 0.280 e. The molecule has 0 saturated heterocycles. The summed E-state index contributed by atoms with van der Waals surface area (Å²) in [5.41, 5.74) is 0.482. The molecule has 2 nitrogen and oxygen atoms in total. The second-order valence-electron chi connectivity index (χ2n) is 2.73. The molecule has 0 aliphatic heterocycles. The van der Waals surface area contributed by atoms with Gasteiger partial charge >= 0.3 is 0 Å². The first-order valence-corrected chi connectivity index (χ1v) is 5.31. The van der Waals surface area contributed by atoms with Crippen molar-refractivity contribution >= 4 is 27.5 Å². The minimum absolute atomic E-state index is 0.0630. The summed E-state index contributed by atoms with van der Waals surface area (Å²) in [5.74, 6) is -0.0630. The fraction of sp³-hybridized carbons (Fsp3) is 0.333. The number of nitrogens with zero attached hydrogens (tertiary/aromatic N) is 2. The Hall–Kier alpha value is -0.730. The lowest BCUT2D eigenvalue weighted by Gasteiger charge is -2.10. The number of nitriles is 1. The number of hydrogen-bond donors (Lipinski definition) is 0. The van der Waals surface area contributed by atoms with Crippen molar-refractivity contribution < 1.29 is 8.78 Å². The number of pyridine rings is 1. The fourth-order valence-corrected chi connectivity index (χ4v) is 2.13. The van der Waals surface area contributed by atoms with Crippen LogP contribution in [0.15, 0.2) is 10.7 Å². The van der Waals surface area contributed by atoms with Gasteiger partial charge in [-0.3, -0.25) is 4.98 Å². The molecule has 15 heavy (non-hydrogen) atoms. The Bertz CT molecular complexity index is 404. The van der Waals surface area contributed by atoms with Crippen LogP contribution in [0.3, 0.4) is 0 Å². The van der Waals surface area contributed by atoms with Crippen molar-refractivity contribution in [1.82, 2.24) is 4.98 Å². The van der Waals surface area contributed by atoms with Gasteiger partial charge in [0.2, 0.25) is 0 Å². The molecule has 0 aliphatic carbocycles. The van der Waals surface area contributed by atoms with E-state index in [1.807, 2.05) is 6.07 Å². The van der Waals surface area contributed by atoms with Crippen molar-refractivity contribution in [1.29, 1.82) is 5.26 Å². The number of halogens is 4. The molecule has 1 aromatic heterocycles. The van der Waals surface area contributed by atoms with E-state index in [4.69, 9.17) is 16.9 Å². The van der Waals surface area contributed by atoms with E-state index in [1.165, 1.54) is 6.20 Å². The van der Waals surface area contributed by atoms with Gasteiger partial charge in [0.25, 0.3) is 6.43 Å². The van der Waals surface area contributed by atoms with E-state index in [0.717, 1.165) is 0 Å². The van der Waals surface area contributed by atoms with Crippen LogP contribution in [0.2, 0.25) is 0 Å². The highest BCUT2D eigenvalue weighted by Crippen LogP contribution is 2.30. The maximum absolute atomic E-state index is 12.5. The van der Waals surface area contributed by atoms with Crippen LogP contribution < -0.4 is 0 Å². The second-order valence-corrected chi connectivity index (χ2v) is 3.79. The van der Waals surface area contributed by atoms with E-state index < -0.39 is 6.43 Å². The molecule has 0 aliphatic rings. The smallest absolute Gasteiger partial charge is 0.255 e. The standard InChI is InChI=1S/C9H6BrClF2N2/c10-7-5(1-2-14)4-15-8(9(12)13)6(7)3-11/h4,9H,1,3H2. The first-order chi connectivity index (χ1) is 7.11. The van der Waals surface area contributed by atoms with E-state index in [1.54, 1.807) is 0 Å². The molecule has 80 valence electrons. The summed E-state index contributed by atoms with van der Waals surface area (Å²) in [5, 5.41) is 8.51. The predicted octanol–water partition coefficient (Wildman–Crippen LogP) is 3.59. The minimum Gasteiger partial charge on any atom is -0.255 e. The Morgan fingerprint density at radius 3 is 2.73 bits per heavy atom. The molecular formula is C9H6BrClF2N2. The van der Waals surface area contributed by atoms with Gasteiger partial charge in [-0.25, -0.2) is 8.78 Å². The van der Waals surface area contributed by atoms with Crippen molar-refractivity contribution in [3.63, 3.8) is 0 Å². The van der Waals surface area contributed by atoms with Crippen LogP contribution in [0.1, 0.15) is 23.2 Å². The molecule has 0 N–H and O–H groups in total. The molecule has 0 bridgehead atoms. The lowest BCUT2D eigenvalue weighted by Crippen LogP contribution is -2.01. The predicted molar refractivity (Wildman–Crippen MR) is 55.8 cm³/mol. The Labute approximate surface area is 99.0 Å². The molecule has 6 heteroatoms. The third-order valence-electron chi connectivity index (χ3n) is 1.83. The summed E-state index contributed by atoms with van der Waals surface area (Å²) < 4.78 is 25.5. The molecule has 0 amide bonds. The highest BCUT2D eigenvalue weighted by molar-refractivity contribution is 9.10. The van der Waals surface area contributed by atoms with E-state index in [-0.39, 0.29) is 23.6 Å². The van der Waals surface area contributed by atoms with Crippen molar-refractivity contribution in [2.24, 2.45) is 0 Å². The quantitative estimate of drug-likeness (QED) is 0.799. The van der Waals surface area contributed by atoms with E-state index in [0.29, 0.717) is 10.0 Å². The summed E-state index contributed by atoms with van der Waals surface area (Å²) in [6.07, 6.45) is -1.28. The van der Waals surface area contributed by atoms with Gasteiger partial charge in [-0.1, -0.05) is 15.9 Å². The molecule has 1 heterocycles. The van der Waals surface area contributed by atoms with Crippen molar-refractivity contribution in [2.75, 3.05) is 0 Å². The van der Waals surface area contributed by atoms with Crippen LogP contribution in [-0.2, 0) is 12.3 Å². The lowest BCUT2D eigenvalue weighted by molar-refractivity contribution is 0.145. The first kappa shape index (κ1) is 12.3. The SMILES string of the molecule is N#CCc1cnc(C(F)F)c(CCl)c1Br. The highest BCUT2D eigenvalue weighted by Gasteiger charge is 2.18. The molecule has 1 rings (SSSR count). The summed E-state index contributed by atoms with van der Waals surface area (Å²) in [6.45, 7) is 0. The Kier molecular flexibility index (Phi) is 4.43. The van der Waals surface area contributed by atoms with Gasteiger partial charge < -0.3 is 0 Å². The van der Waals surface area contributed by atoms with Crippen LogP contribution >= 0.6 is 27.5 Å². The molecule has 0 aromatic carbocycles. The molecule has 0 spiro atoms. The summed E-state index contributed by atoms with van der Waals surface area (Å²) in [7, 11) is 0. The largest absolute Gasteiger partial charge is 0.280 e. The molecule has 0 atom stereocenters. The Balaban J connectivity index is 3.27. The monoisotopic (exact) mass is 294 g/mol. The molecule has 1 aromatic rings. The minimum atomic E-state index is -2.66. The molecular weight excluding hydrogens is 289 g/mol. The maximum atomic E-state index is 12.5. The molecule has 0 radical (unpaired) electrons. The van der Waals surface area contributed by atoms with Crippen molar-refractivity contribution in [3.8, 4) is 6.07 Å². The molecule has 0 saturated carbocycles. The third-order valence-corrected chi connectivity index (χ3v) is 3.08. The second kappa shape index (κ2) is 5.38. The molecule has 0 unspecified atom stereocenters. The van der Waals surface area contributed by atoms with Gasteiger partial charge in [-0.15, -0.1) is 11.6 Å². The average molecular weight is 296 g/mol. The summed E-state index contributed by atoms with van der Waals surface area (Å²) in [6, 6.07) is 1.92. The van der Waals surface area contributed by atoms with Crippen LogP contribution in [0.25, 0.3) is 0 Å². The number of aromatic nitrogens is 1. The van der Waals surface area contributed by atoms with Gasteiger partial charge in [0.05, 0.1) is 18.4 Å². The third kappa shape index (κ3) is 2.64. The van der Waals surface area contributed by atoms with Gasteiger partial charge in [-0.05, 0) is 5.56 Å². The van der Waals surface area contributed by atoms with Gasteiger partial charge in [0, 0.05) is 16.2 Å². The summed E-state index contributed by atoms with van der Waals surface area (Å²) in [4.78, 5) is 3.61. The zero-order valence-corrected chi connectivity index (χ0v) is 9.82. The fourth-order valence-electron chi connectivity index (χ4n) is 1.11. The average Bonchev–Trinajstić information content (AvgIpc) is 2.20. The van der Waals surface area contributed by atoms with E-state index in [9.17, 15) is 8.78 Å². The summed E-state index contributed by atoms with van der Waals surface area (Å²) >= 11 is 8.72. The Morgan fingerprint density at radius 1 is 1.60 bits per heavy atom. The Morgan fingerprint density at radius 2 is 2.27 bits per heavy atom. The van der Waals surface area contributed by atoms with Crippen LogP contribution in [-0.4, -0.2) is 4.98 Å². The lowest BCUT2D eigenvalue weighted by atomic mass is 10.1. The molecule has 0 fully saturated rings. The van der Waals surface area contributed by atoms with Gasteiger partial charge in [-0.2, -0.15) is 5.26 Å². The van der Waals surface area contributed by atoms with Gasteiger partial charge in [0.1, 0.15) is 5.69 Å². The van der Waals surface area contributed by atoms with Crippen LogP contribution in [0.4, 0.5) is 8.78 Å². The highest BCUT2D eigenvalue weighted by atomic mass is 79.9. The zero-order valence-electron chi connectivity index (χ0n) is 7.48. The van der Waals surface area contributed by atoms with Crippen molar-refractivity contribution in [2.45, 2.75) is 18.7 Å². The van der Waals surface area contributed by atoms with Crippen LogP contribution in [0, 0.1) is 11.3 Å². The first-order valence-electron chi connectivity index (χ1n) is 3.99.